The standard InChI is InChI=1S/C32H36N2O3/c1-4-37-30(35)13-8-18-34-21-28(27-11-5-6-12-29(27)34)32(36)26-10-7-9-25(20-26)31(33)24-16-14-23(15-17-24)19-22(2)3/h5-7,9-12,14-17,20-22,31H,4,8,13,18-19,33H2,1-3H3. The van der Waals surface area contributed by atoms with Crippen LogP contribution in [0.1, 0.15) is 72.3 Å². The van der Waals surface area contributed by atoms with Crippen LogP contribution in [-0.2, 0) is 22.5 Å². The molecule has 0 aliphatic carbocycles. The molecule has 1 unspecified atom stereocenters. The normalized spacial score (nSPS) is 12.1. The molecule has 3 aromatic carbocycles. The maximum Gasteiger partial charge on any atom is 0.305 e. The third kappa shape index (κ3) is 6.36. The number of hydrogen-bond acceptors (Lipinski definition) is 4. The third-order valence-electron chi connectivity index (χ3n) is 6.61. The molecule has 192 valence electrons. The van der Waals surface area contributed by atoms with E-state index in [1.54, 1.807) is 6.92 Å². The second-order valence-electron chi connectivity index (χ2n) is 9.93. The zero-order chi connectivity index (χ0) is 26.4. The van der Waals surface area contributed by atoms with Gasteiger partial charge in [0, 0.05) is 41.2 Å². The molecule has 0 aliphatic heterocycles. The third-order valence-corrected chi connectivity index (χ3v) is 6.61. The van der Waals surface area contributed by atoms with E-state index in [2.05, 4.69) is 42.7 Å². The van der Waals surface area contributed by atoms with Crippen molar-refractivity contribution in [3.8, 4) is 0 Å². The number of carbonyl (C=O) groups is 2. The Hall–Kier alpha value is -3.70. The number of nitrogens with two attached hydrogens (primary N) is 1. The number of ketones is 1. The quantitative estimate of drug-likeness (QED) is 0.191. The van der Waals surface area contributed by atoms with E-state index in [-0.39, 0.29) is 17.8 Å². The van der Waals surface area contributed by atoms with Gasteiger partial charge in [-0.05, 0) is 54.5 Å². The lowest BCUT2D eigenvalue weighted by Crippen LogP contribution is -2.13. The molecule has 1 heterocycles. The van der Waals surface area contributed by atoms with Crippen molar-refractivity contribution in [3.05, 3.63) is 107 Å². The summed E-state index contributed by atoms with van der Waals surface area (Å²) in [6, 6.07) is 23.6. The minimum atomic E-state index is -0.315. The fourth-order valence-corrected chi connectivity index (χ4v) is 4.79. The lowest BCUT2D eigenvalue weighted by molar-refractivity contribution is -0.143. The lowest BCUT2D eigenvalue weighted by Gasteiger charge is -2.15. The van der Waals surface area contributed by atoms with Gasteiger partial charge < -0.3 is 15.0 Å². The van der Waals surface area contributed by atoms with Crippen LogP contribution in [0.25, 0.3) is 10.9 Å². The SMILES string of the molecule is CCOC(=O)CCCn1cc(C(=O)c2cccc(C(N)c3ccc(CC(C)C)cc3)c2)c2ccccc21. The van der Waals surface area contributed by atoms with Gasteiger partial charge >= 0.3 is 5.97 Å². The van der Waals surface area contributed by atoms with Gasteiger partial charge in [0.25, 0.3) is 0 Å². The van der Waals surface area contributed by atoms with Crippen molar-refractivity contribution >= 4 is 22.7 Å². The van der Waals surface area contributed by atoms with Gasteiger partial charge in [0.15, 0.2) is 5.78 Å². The fraction of sp³-hybridized carbons (Fsp3) is 0.312. The Bertz CT molecular complexity index is 1370. The van der Waals surface area contributed by atoms with Crippen LogP contribution in [0.2, 0.25) is 0 Å². The number of para-hydroxylation sites is 1. The molecule has 4 aromatic rings. The van der Waals surface area contributed by atoms with Crippen LogP contribution in [0.4, 0.5) is 0 Å². The molecule has 37 heavy (non-hydrogen) atoms. The summed E-state index contributed by atoms with van der Waals surface area (Å²) in [6.45, 7) is 7.24. The Morgan fingerprint density at radius 1 is 0.946 bits per heavy atom. The zero-order valence-electron chi connectivity index (χ0n) is 21.9. The van der Waals surface area contributed by atoms with Crippen molar-refractivity contribution in [2.75, 3.05) is 6.61 Å². The van der Waals surface area contributed by atoms with E-state index in [1.807, 2.05) is 54.7 Å². The highest BCUT2D eigenvalue weighted by Gasteiger charge is 2.18. The van der Waals surface area contributed by atoms with Gasteiger partial charge in [-0.15, -0.1) is 0 Å². The first-order valence-corrected chi connectivity index (χ1v) is 13.1. The molecule has 0 aliphatic rings. The average molecular weight is 497 g/mol. The van der Waals surface area contributed by atoms with E-state index in [1.165, 1.54) is 5.56 Å². The van der Waals surface area contributed by atoms with E-state index in [9.17, 15) is 9.59 Å². The molecule has 0 saturated heterocycles. The van der Waals surface area contributed by atoms with Crippen LogP contribution in [0.3, 0.4) is 0 Å². The van der Waals surface area contributed by atoms with E-state index < -0.39 is 0 Å². The summed E-state index contributed by atoms with van der Waals surface area (Å²) in [5, 5.41) is 0.902. The maximum atomic E-state index is 13.7. The first kappa shape index (κ1) is 26.4. The maximum absolute atomic E-state index is 13.7. The number of rotatable bonds is 11. The second-order valence-corrected chi connectivity index (χ2v) is 9.93. The fourth-order valence-electron chi connectivity index (χ4n) is 4.79. The van der Waals surface area contributed by atoms with Gasteiger partial charge in [-0.1, -0.05) is 74.5 Å². The number of fused-ring (bicyclic) bond motifs is 1. The number of ether oxygens (including phenoxy) is 1. The molecular weight excluding hydrogens is 460 g/mol. The van der Waals surface area contributed by atoms with Gasteiger partial charge in [0.1, 0.15) is 0 Å². The monoisotopic (exact) mass is 496 g/mol. The van der Waals surface area contributed by atoms with Gasteiger partial charge in [0.05, 0.1) is 12.6 Å². The summed E-state index contributed by atoms with van der Waals surface area (Å²) in [5.41, 5.74) is 12.1. The predicted octanol–water partition coefficient (Wildman–Crippen LogP) is 6.46. The Balaban J connectivity index is 1.56. The Morgan fingerprint density at radius 3 is 2.43 bits per heavy atom. The Morgan fingerprint density at radius 2 is 1.70 bits per heavy atom. The topological polar surface area (TPSA) is 74.3 Å². The molecular formula is C32H36N2O3. The van der Waals surface area contributed by atoms with Crippen molar-refractivity contribution < 1.29 is 14.3 Å². The first-order valence-electron chi connectivity index (χ1n) is 13.1. The van der Waals surface area contributed by atoms with Gasteiger partial charge in [-0.2, -0.15) is 0 Å². The van der Waals surface area contributed by atoms with Crippen molar-refractivity contribution in [3.63, 3.8) is 0 Å². The van der Waals surface area contributed by atoms with Gasteiger partial charge in [0.2, 0.25) is 0 Å². The molecule has 0 amide bonds. The van der Waals surface area contributed by atoms with Gasteiger partial charge in [-0.3, -0.25) is 9.59 Å². The number of carbonyl (C=O) groups excluding carboxylic acids is 2. The molecule has 0 bridgehead atoms. The molecule has 1 aromatic heterocycles. The summed E-state index contributed by atoms with van der Waals surface area (Å²) in [7, 11) is 0. The highest BCUT2D eigenvalue weighted by Crippen LogP contribution is 2.27. The molecule has 5 heteroatoms. The lowest BCUT2D eigenvalue weighted by atomic mass is 9.94. The molecule has 0 radical (unpaired) electrons. The summed E-state index contributed by atoms with van der Waals surface area (Å²) in [5.74, 6) is 0.366. The van der Waals surface area contributed by atoms with Crippen LogP contribution < -0.4 is 5.73 Å². The summed E-state index contributed by atoms with van der Waals surface area (Å²) in [6.07, 6.45) is 3.93. The van der Waals surface area contributed by atoms with Crippen molar-refractivity contribution in [1.29, 1.82) is 0 Å². The molecule has 2 N–H and O–H groups in total. The summed E-state index contributed by atoms with van der Waals surface area (Å²) >= 11 is 0. The number of hydrogen-bond donors (Lipinski definition) is 1. The first-order chi connectivity index (χ1) is 17.9. The Labute approximate surface area is 219 Å². The number of nitrogens with zero attached hydrogens (tertiary/aromatic N) is 1. The van der Waals surface area contributed by atoms with Crippen LogP contribution in [-0.4, -0.2) is 22.9 Å². The number of benzene rings is 3. The minimum absolute atomic E-state index is 0.0401. The smallest absolute Gasteiger partial charge is 0.305 e. The summed E-state index contributed by atoms with van der Waals surface area (Å²) in [4.78, 5) is 25.4. The molecule has 4 rings (SSSR count). The second kappa shape index (κ2) is 12.0. The molecule has 1 atom stereocenters. The van der Waals surface area contributed by atoms with Crippen LogP contribution in [0, 0.1) is 5.92 Å². The van der Waals surface area contributed by atoms with Crippen molar-refractivity contribution in [2.45, 2.75) is 52.6 Å². The van der Waals surface area contributed by atoms with E-state index in [0.29, 0.717) is 43.0 Å². The largest absolute Gasteiger partial charge is 0.466 e. The highest BCUT2D eigenvalue weighted by molar-refractivity contribution is 6.16. The summed E-state index contributed by atoms with van der Waals surface area (Å²) < 4.78 is 7.09. The van der Waals surface area contributed by atoms with E-state index >= 15 is 0 Å². The Kier molecular flexibility index (Phi) is 8.57. The highest BCUT2D eigenvalue weighted by atomic mass is 16.5. The molecule has 0 fully saturated rings. The van der Waals surface area contributed by atoms with E-state index in [0.717, 1.165) is 28.5 Å². The minimum Gasteiger partial charge on any atom is -0.466 e. The predicted molar refractivity (Wildman–Crippen MR) is 149 cm³/mol. The van der Waals surface area contributed by atoms with Crippen LogP contribution >= 0.6 is 0 Å². The van der Waals surface area contributed by atoms with Gasteiger partial charge in [-0.25, -0.2) is 0 Å². The van der Waals surface area contributed by atoms with E-state index in [4.69, 9.17) is 10.5 Å². The molecule has 0 saturated carbocycles. The zero-order valence-corrected chi connectivity index (χ0v) is 21.9. The number of esters is 1. The number of aromatic nitrogens is 1. The van der Waals surface area contributed by atoms with Crippen molar-refractivity contribution in [2.24, 2.45) is 11.7 Å². The average Bonchev–Trinajstić information content (AvgIpc) is 3.27. The van der Waals surface area contributed by atoms with Crippen LogP contribution in [0.5, 0.6) is 0 Å². The van der Waals surface area contributed by atoms with Crippen molar-refractivity contribution in [1.82, 2.24) is 4.57 Å². The number of aryl methyl sites for hydroxylation is 1. The molecule has 5 nitrogen and oxygen atoms in total. The molecule has 0 spiro atoms. The van der Waals surface area contributed by atoms with Crippen LogP contribution in [0.15, 0.2) is 79.0 Å².